The maximum Gasteiger partial charge on any atom is 0.407 e. The molecule has 0 bridgehead atoms. The summed E-state index contributed by atoms with van der Waals surface area (Å²) in [6.45, 7) is 0.739. The number of benzene rings is 1. The number of carbonyl (C=O) groups excluding carboxylic acids is 1. The number of ether oxygens (including phenoxy) is 1. The van der Waals surface area contributed by atoms with Crippen LogP contribution in [0, 0.1) is 0 Å². The highest BCUT2D eigenvalue weighted by atomic mass is 35.5. The summed E-state index contributed by atoms with van der Waals surface area (Å²) in [6.07, 6.45) is 7.53. The first-order chi connectivity index (χ1) is 11.7. The van der Waals surface area contributed by atoms with E-state index in [1.54, 1.807) is 6.20 Å². The number of thioether (sulfide) groups is 1. The Labute approximate surface area is 150 Å². The fraction of sp³-hybridized carbons (Fsp3) is 0.235. The molecule has 126 valence electrons. The molecular weight excluding hydrogens is 346 g/mol. The van der Waals surface area contributed by atoms with E-state index in [4.69, 9.17) is 16.3 Å². The molecule has 1 amide bonds. The van der Waals surface area contributed by atoms with E-state index in [0.29, 0.717) is 23.3 Å². The molecule has 0 aliphatic carbocycles. The molecule has 1 aromatic heterocycles. The van der Waals surface area contributed by atoms with E-state index in [1.165, 1.54) is 11.8 Å². The van der Waals surface area contributed by atoms with Gasteiger partial charge in [-0.3, -0.25) is 0 Å². The van der Waals surface area contributed by atoms with E-state index in [1.807, 2.05) is 48.7 Å². The normalized spacial score (nSPS) is 10.8. The second-order valence-electron chi connectivity index (χ2n) is 4.78. The standard InChI is InChI=1S/C17H18ClN3O2S/c1-24-16-20-11-14(15(18)21-16)9-5-6-10-19-17(22)23-12-13-7-3-2-4-8-13/h2-5,7-9,11H,6,10,12H2,1H3,(H,19,22). The van der Waals surface area contributed by atoms with Gasteiger partial charge in [-0.05, 0) is 18.2 Å². The fourth-order valence-electron chi connectivity index (χ4n) is 1.81. The second-order valence-corrected chi connectivity index (χ2v) is 5.91. The summed E-state index contributed by atoms with van der Waals surface area (Å²) in [5.74, 6) is 0. The smallest absolute Gasteiger partial charge is 0.407 e. The lowest BCUT2D eigenvalue weighted by atomic mass is 10.2. The number of nitrogens with zero attached hydrogens (tertiary/aromatic N) is 2. The average molecular weight is 364 g/mol. The molecule has 1 N–H and O–H groups in total. The van der Waals surface area contributed by atoms with Gasteiger partial charge in [-0.1, -0.05) is 65.8 Å². The Hall–Kier alpha value is -2.05. The summed E-state index contributed by atoms with van der Waals surface area (Å²) < 4.78 is 5.12. The summed E-state index contributed by atoms with van der Waals surface area (Å²) in [5, 5.41) is 3.75. The highest BCUT2D eigenvalue weighted by Gasteiger charge is 2.02. The van der Waals surface area contributed by atoms with Crippen molar-refractivity contribution in [3.63, 3.8) is 0 Å². The van der Waals surface area contributed by atoms with Crippen molar-refractivity contribution in [2.75, 3.05) is 12.8 Å². The number of hydrogen-bond donors (Lipinski definition) is 1. The molecule has 7 heteroatoms. The van der Waals surface area contributed by atoms with Crippen LogP contribution in [0.3, 0.4) is 0 Å². The van der Waals surface area contributed by atoms with Crippen LogP contribution < -0.4 is 5.32 Å². The lowest BCUT2D eigenvalue weighted by Crippen LogP contribution is -2.24. The Bertz CT molecular complexity index is 695. The predicted molar refractivity (Wildman–Crippen MR) is 97.1 cm³/mol. The molecule has 0 unspecified atom stereocenters. The maximum absolute atomic E-state index is 11.6. The maximum atomic E-state index is 11.6. The Balaban J connectivity index is 1.67. The van der Waals surface area contributed by atoms with E-state index in [2.05, 4.69) is 15.3 Å². The number of amides is 1. The molecule has 1 heterocycles. The minimum Gasteiger partial charge on any atom is -0.445 e. The number of aromatic nitrogens is 2. The molecule has 2 rings (SSSR count). The molecule has 24 heavy (non-hydrogen) atoms. The van der Waals surface area contributed by atoms with E-state index in [9.17, 15) is 4.79 Å². The van der Waals surface area contributed by atoms with Crippen LogP contribution in [0.1, 0.15) is 17.5 Å². The van der Waals surface area contributed by atoms with Crippen molar-refractivity contribution in [2.24, 2.45) is 0 Å². The number of carbonyl (C=O) groups is 1. The lowest BCUT2D eigenvalue weighted by molar-refractivity contribution is 0.140. The Kier molecular flexibility index (Phi) is 7.58. The summed E-state index contributed by atoms with van der Waals surface area (Å²) in [4.78, 5) is 19.9. The monoisotopic (exact) mass is 363 g/mol. The Morgan fingerprint density at radius 2 is 2.17 bits per heavy atom. The topological polar surface area (TPSA) is 64.1 Å². The SMILES string of the molecule is CSc1ncc(C=CCCNC(=O)OCc2ccccc2)c(Cl)n1. The van der Waals surface area contributed by atoms with Crippen LogP contribution in [0.15, 0.2) is 47.8 Å². The molecule has 0 aliphatic rings. The van der Waals surface area contributed by atoms with Crippen molar-refractivity contribution >= 4 is 35.5 Å². The molecule has 0 radical (unpaired) electrons. The average Bonchev–Trinajstić information content (AvgIpc) is 2.61. The first-order valence-corrected chi connectivity index (χ1v) is 8.97. The molecule has 0 saturated carbocycles. The zero-order valence-corrected chi connectivity index (χ0v) is 14.8. The summed E-state index contributed by atoms with van der Waals surface area (Å²) >= 11 is 7.50. The van der Waals surface area contributed by atoms with E-state index in [0.717, 1.165) is 11.1 Å². The van der Waals surface area contributed by atoms with Crippen molar-refractivity contribution in [3.8, 4) is 0 Å². The van der Waals surface area contributed by atoms with Crippen molar-refractivity contribution < 1.29 is 9.53 Å². The quantitative estimate of drug-likeness (QED) is 0.346. The number of hydrogen-bond acceptors (Lipinski definition) is 5. The van der Waals surface area contributed by atoms with Crippen molar-refractivity contribution in [2.45, 2.75) is 18.2 Å². The zero-order chi connectivity index (χ0) is 17.2. The van der Waals surface area contributed by atoms with Gasteiger partial charge in [0.2, 0.25) is 0 Å². The van der Waals surface area contributed by atoms with Gasteiger partial charge in [0.15, 0.2) is 5.16 Å². The fourth-order valence-corrected chi connectivity index (χ4v) is 2.39. The molecule has 0 aliphatic heterocycles. The molecule has 0 atom stereocenters. The van der Waals surface area contributed by atoms with E-state index >= 15 is 0 Å². The van der Waals surface area contributed by atoms with Gasteiger partial charge in [-0.2, -0.15) is 0 Å². The molecular formula is C17H18ClN3O2S. The molecule has 0 fully saturated rings. The van der Waals surface area contributed by atoms with Crippen LogP contribution in [-0.4, -0.2) is 28.9 Å². The second kappa shape index (κ2) is 9.95. The molecule has 0 saturated heterocycles. The highest BCUT2D eigenvalue weighted by molar-refractivity contribution is 7.98. The van der Waals surface area contributed by atoms with Gasteiger partial charge in [0.05, 0.1) is 0 Å². The molecule has 1 aromatic carbocycles. The van der Waals surface area contributed by atoms with E-state index < -0.39 is 6.09 Å². The van der Waals surface area contributed by atoms with Gasteiger partial charge in [-0.15, -0.1) is 0 Å². The third-order valence-electron chi connectivity index (χ3n) is 3.02. The number of nitrogens with one attached hydrogen (secondary N) is 1. The number of halogens is 1. The minimum atomic E-state index is -0.432. The third kappa shape index (κ3) is 6.22. The largest absolute Gasteiger partial charge is 0.445 e. The number of alkyl carbamates (subject to hydrolysis) is 1. The van der Waals surface area contributed by atoms with Crippen LogP contribution in [-0.2, 0) is 11.3 Å². The Morgan fingerprint density at radius 1 is 1.38 bits per heavy atom. The van der Waals surface area contributed by atoms with Gasteiger partial charge < -0.3 is 10.1 Å². The molecule has 0 spiro atoms. The first-order valence-electron chi connectivity index (χ1n) is 7.36. The summed E-state index contributed by atoms with van der Waals surface area (Å²) in [5.41, 5.74) is 1.71. The minimum absolute atomic E-state index is 0.261. The van der Waals surface area contributed by atoms with Crippen LogP contribution in [0.4, 0.5) is 4.79 Å². The number of rotatable bonds is 7. The lowest BCUT2D eigenvalue weighted by Gasteiger charge is -2.06. The van der Waals surface area contributed by atoms with Crippen molar-refractivity contribution in [1.29, 1.82) is 0 Å². The summed E-state index contributed by atoms with van der Waals surface area (Å²) in [6, 6.07) is 9.54. The van der Waals surface area contributed by atoms with Gasteiger partial charge in [-0.25, -0.2) is 14.8 Å². The van der Waals surface area contributed by atoms with Crippen molar-refractivity contribution in [3.05, 3.63) is 58.9 Å². The zero-order valence-electron chi connectivity index (χ0n) is 13.2. The van der Waals surface area contributed by atoms with Crippen LogP contribution in [0.25, 0.3) is 6.08 Å². The molecule has 5 nitrogen and oxygen atoms in total. The van der Waals surface area contributed by atoms with Gasteiger partial charge in [0.25, 0.3) is 0 Å². The first kappa shape index (κ1) is 18.3. The van der Waals surface area contributed by atoms with Crippen LogP contribution >= 0.6 is 23.4 Å². The Morgan fingerprint density at radius 3 is 2.88 bits per heavy atom. The molecule has 2 aromatic rings. The van der Waals surface area contributed by atoms with Crippen LogP contribution in [0.5, 0.6) is 0 Å². The van der Waals surface area contributed by atoms with Gasteiger partial charge >= 0.3 is 6.09 Å². The highest BCUT2D eigenvalue weighted by Crippen LogP contribution is 2.17. The van der Waals surface area contributed by atoms with E-state index in [-0.39, 0.29) is 6.61 Å². The van der Waals surface area contributed by atoms with Gasteiger partial charge in [0.1, 0.15) is 11.8 Å². The third-order valence-corrected chi connectivity index (χ3v) is 3.88. The van der Waals surface area contributed by atoms with Gasteiger partial charge in [0, 0.05) is 18.3 Å². The summed E-state index contributed by atoms with van der Waals surface area (Å²) in [7, 11) is 0. The van der Waals surface area contributed by atoms with Crippen molar-refractivity contribution in [1.82, 2.24) is 15.3 Å². The predicted octanol–water partition coefficient (Wildman–Crippen LogP) is 4.18. The van der Waals surface area contributed by atoms with Crippen LogP contribution in [0.2, 0.25) is 5.15 Å².